The van der Waals surface area contributed by atoms with Crippen molar-refractivity contribution in [3.63, 3.8) is 0 Å². The van der Waals surface area contributed by atoms with E-state index < -0.39 is 0 Å². The van der Waals surface area contributed by atoms with E-state index in [9.17, 15) is 0 Å². The molecule has 0 aliphatic heterocycles. The molecule has 1 aliphatic rings. The van der Waals surface area contributed by atoms with Crippen LogP contribution in [0.2, 0.25) is 0 Å². The maximum atomic E-state index is 5.40. The predicted octanol–water partition coefficient (Wildman–Crippen LogP) is 1.61. The summed E-state index contributed by atoms with van der Waals surface area (Å²) in [6, 6.07) is 0. The largest absolute Gasteiger partial charge is 0.381 e. The molecule has 3 nitrogen and oxygen atoms in total. The Morgan fingerprint density at radius 3 is 2.08 bits per heavy atom. The fourth-order valence-electron chi connectivity index (χ4n) is 1.99. The van der Waals surface area contributed by atoms with Gasteiger partial charge in [0.2, 0.25) is 0 Å². The zero-order chi connectivity index (χ0) is 9.68. The maximum Gasteiger partial charge on any atom is 0.0857 e. The number of ether oxygens (including phenoxy) is 3. The molecule has 1 aliphatic carbocycles. The molecule has 0 N–H and O–H groups in total. The van der Waals surface area contributed by atoms with Gasteiger partial charge in [-0.1, -0.05) is 0 Å². The summed E-state index contributed by atoms with van der Waals surface area (Å²) >= 11 is 0. The van der Waals surface area contributed by atoms with Crippen molar-refractivity contribution < 1.29 is 14.2 Å². The van der Waals surface area contributed by atoms with Crippen LogP contribution in [-0.4, -0.2) is 39.6 Å². The highest BCUT2D eigenvalue weighted by Crippen LogP contribution is 2.23. The normalized spacial score (nSPS) is 35.8. The Bertz CT molecular complexity index is 138. The standard InChI is InChI=1S/C10H20O3/c1-11-8-5-4-6-9(12-2)10(7-8)13-3/h8-10H,4-7H2,1-3H3. The molecule has 0 amide bonds. The van der Waals surface area contributed by atoms with Gasteiger partial charge in [0.25, 0.3) is 0 Å². The number of hydrogen-bond acceptors (Lipinski definition) is 3. The molecule has 0 bridgehead atoms. The van der Waals surface area contributed by atoms with Gasteiger partial charge >= 0.3 is 0 Å². The minimum absolute atomic E-state index is 0.192. The summed E-state index contributed by atoms with van der Waals surface area (Å²) in [4.78, 5) is 0. The van der Waals surface area contributed by atoms with E-state index in [-0.39, 0.29) is 12.2 Å². The van der Waals surface area contributed by atoms with E-state index in [2.05, 4.69) is 0 Å². The fraction of sp³-hybridized carbons (Fsp3) is 1.00. The smallest absolute Gasteiger partial charge is 0.0857 e. The second-order valence-electron chi connectivity index (χ2n) is 3.57. The minimum Gasteiger partial charge on any atom is -0.381 e. The van der Waals surface area contributed by atoms with Crippen molar-refractivity contribution in [3.8, 4) is 0 Å². The first-order valence-corrected chi connectivity index (χ1v) is 4.90. The summed E-state index contributed by atoms with van der Waals surface area (Å²) in [5.74, 6) is 0. The van der Waals surface area contributed by atoms with Crippen molar-refractivity contribution in [1.29, 1.82) is 0 Å². The van der Waals surface area contributed by atoms with Gasteiger partial charge in [0, 0.05) is 27.8 Å². The second-order valence-corrected chi connectivity index (χ2v) is 3.57. The maximum absolute atomic E-state index is 5.40. The third kappa shape index (κ3) is 2.93. The lowest BCUT2D eigenvalue weighted by Crippen LogP contribution is -2.31. The average Bonchev–Trinajstić information content (AvgIpc) is 2.38. The third-order valence-corrected chi connectivity index (χ3v) is 2.86. The van der Waals surface area contributed by atoms with Gasteiger partial charge in [-0.15, -0.1) is 0 Å². The molecule has 3 unspecified atom stereocenters. The van der Waals surface area contributed by atoms with Crippen LogP contribution in [0.25, 0.3) is 0 Å². The number of hydrogen-bond donors (Lipinski definition) is 0. The minimum atomic E-state index is 0.192. The van der Waals surface area contributed by atoms with Crippen molar-refractivity contribution in [2.24, 2.45) is 0 Å². The predicted molar refractivity (Wildman–Crippen MR) is 50.9 cm³/mol. The van der Waals surface area contributed by atoms with E-state index in [0.717, 1.165) is 25.7 Å². The van der Waals surface area contributed by atoms with Crippen LogP contribution in [0.1, 0.15) is 25.7 Å². The van der Waals surface area contributed by atoms with Gasteiger partial charge in [-0.2, -0.15) is 0 Å². The summed E-state index contributed by atoms with van der Waals surface area (Å²) < 4.78 is 16.1. The van der Waals surface area contributed by atoms with Gasteiger partial charge in [0.15, 0.2) is 0 Å². The molecule has 0 spiro atoms. The fourth-order valence-corrected chi connectivity index (χ4v) is 1.99. The van der Waals surface area contributed by atoms with Gasteiger partial charge in [0.1, 0.15) is 0 Å². The second kappa shape index (κ2) is 5.58. The number of rotatable bonds is 3. The first-order valence-electron chi connectivity index (χ1n) is 4.90. The van der Waals surface area contributed by atoms with E-state index in [1.165, 1.54) is 0 Å². The topological polar surface area (TPSA) is 27.7 Å². The van der Waals surface area contributed by atoms with Crippen LogP contribution >= 0.6 is 0 Å². The summed E-state index contributed by atoms with van der Waals surface area (Å²) in [5, 5.41) is 0. The SMILES string of the molecule is COC1CCCC(OC)C(OC)C1. The molecule has 0 aromatic heterocycles. The summed E-state index contributed by atoms with van der Waals surface area (Å²) in [5.41, 5.74) is 0. The molecular formula is C10H20O3. The molecule has 1 fully saturated rings. The Kier molecular flexibility index (Phi) is 4.70. The Hall–Kier alpha value is -0.120. The van der Waals surface area contributed by atoms with Gasteiger partial charge in [-0.05, 0) is 19.3 Å². The van der Waals surface area contributed by atoms with Crippen LogP contribution in [0.3, 0.4) is 0 Å². The Labute approximate surface area is 80.4 Å². The lowest BCUT2D eigenvalue weighted by molar-refractivity contribution is -0.0537. The van der Waals surface area contributed by atoms with Gasteiger partial charge in [-0.3, -0.25) is 0 Å². The van der Waals surface area contributed by atoms with Crippen LogP contribution in [0.5, 0.6) is 0 Å². The Balaban J connectivity index is 2.51. The molecule has 13 heavy (non-hydrogen) atoms. The molecule has 3 heteroatoms. The first kappa shape index (κ1) is 11.0. The van der Waals surface area contributed by atoms with E-state index in [4.69, 9.17) is 14.2 Å². The molecule has 0 aromatic rings. The molecule has 78 valence electrons. The average molecular weight is 188 g/mol. The molecule has 3 atom stereocenters. The lowest BCUT2D eigenvalue weighted by Gasteiger charge is -2.23. The number of methoxy groups -OCH3 is 3. The quantitative estimate of drug-likeness (QED) is 0.630. The molecule has 1 rings (SSSR count). The molecule has 0 saturated heterocycles. The van der Waals surface area contributed by atoms with Gasteiger partial charge in [0.05, 0.1) is 18.3 Å². The monoisotopic (exact) mass is 188 g/mol. The van der Waals surface area contributed by atoms with Crippen LogP contribution in [0.4, 0.5) is 0 Å². The lowest BCUT2D eigenvalue weighted by atomic mass is 10.1. The highest BCUT2D eigenvalue weighted by Gasteiger charge is 2.27. The molecule has 1 saturated carbocycles. The summed E-state index contributed by atoms with van der Waals surface area (Å²) in [6.45, 7) is 0. The van der Waals surface area contributed by atoms with Crippen molar-refractivity contribution in [2.45, 2.75) is 44.0 Å². The molecule has 0 aromatic carbocycles. The van der Waals surface area contributed by atoms with Crippen LogP contribution in [-0.2, 0) is 14.2 Å². The Morgan fingerprint density at radius 1 is 0.846 bits per heavy atom. The molecule has 0 heterocycles. The highest BCUT2D eigenvalue weighted by molar-refractivity contribution is 4.79. The van der Waals surface area contributed by atoms with Crippen molar-refractivity contribution in [3.05, 3.63) is 0 Å². The summed E-state index contributed by atoms with van der Waals surface area (Å²) in [6.07, 6.45) is 5.08. The van der Waals surface area contributed by atoms with E-state index >= 15 is 0 Å². The third-order valence-electron chi connectivity index (χ3n) is 2.86. The zero-order valence-corrected chi connectivity index (χ0v) is 8.79. The van der Waals surface area contributed by atoms with Crippen molar-refractivity contribution in [2.75, 3.05) is 21.3 Å². The summed E-state index contributed by atoms with van der Waals surface area (Å²) in [7, 11) is 5.27. The van der Waals surface area contributed by atoms with Crippen LogP contribution in [0.15, 0.2) is 0 Å². The van der Waals surface area contributed by atoms with Crippen LogP contribution < -0.4 is 0 Å². The van der Waals surface area contributed by atoms with E-state index in [1.807, 2.05) is 0 Å². The molecule has 0 radical (unpaired) electrons. The van der Waals surface area contributed by atoms with Crippen molar-refractivity contribution in [1.82, 2.24) is 0 Å². The first-order chi connectivity index (χ1) is 6.31. The highest BCUT2D eigenvalue weighted by atomic mass is 16.5. The van der Waals surface area contributed by atoms with E-state index in [0.29, 0.717) is 6.10 Å². The van der Waals surface area contributed by atoms with Gasteiger partial charge < -0.3 is 14.2 Å². The Morgan fingerprint density at radius 2 is 1.54 bits per heavy atom. The zero-order valence-electron chi connectivity index (χ0n) is 8.79. The van der Waals surface area contributed by atoms with Crippen molar-refractivity contribution >= 4 is 0 Å². The van der Waals surface area contributed by atoms with Crippen LogP contribution in [0, 0.1) is 0 Å². The van der Waals surface area contributed by atoms with Gasteiger partial charge in [-0.25, -0.2) is 0 Å². The van der Waals surface area contributed by atoms with E-state index in [1.54, 1.807) is 21.3 Å². The molecular weight excluding hydrogens is 168 g/mol.